The molecule has 10 heteroatoms. The minimum absolute atomic E-state index is 0.0519. The summed E-state index contributed by atoms with van der Waals surface area (Å²) in [6.45, 7) is 15.3. The fourth-order valence-corrected chi connectivity index (χ4v) is 5.36. The maximum absolute atomic E-state index is 10.6. The van der Waals surface area contributed by atoms with Gasteiger partial charge >= 0.3 is 0 Å². The second-order valence-electron chi connectivity index (χ2n) is 14.4. The third-order valence-corrected chi connectivity index (χ3v) is 7.14. The normalized spacial score (nSPS) is 13.5. The van der Waals surface area contributed by atoms with Crippen LogP contribution < -0.4 is 9.47 Å². The zero-order valence-electron chi connectivity index (χ0n) is 31.1. The average molecular weight is 679 g/mol. The van der Waals surface area contributed by atoms with Crippen molar-refractivity contribution in [2.45, 2.75) is 105 Å². The van der Waals surface area contributed by atoms with E-state index in [1.165, 1.54) is 0 Å². The summed E-state index contributed by atoms with van der Waals surface area (Å²) in [5, 5.41) is 20.7. The van der Waals surface area contributed by atoms with E-state index in [-0.39, 0.29) is 18.6 Å². The molecule has 2 aromatic carbocycles. The highest BCUT2D eigenvalue weighted by molar-refractivity contribution is 5.71. The molecule has 48 heavy (non-hydrogen) atoms. The molecule has 0 saturated heterocycles. The lowest BCUT2D eigenvalue weighted by Crippen LogP contribution is -2.25. The number of benzene rings is 2. The Kier molecular flexibility index (Phi) is 18.4. The molecule has 2 aromatic rings. The number of hydrogen-bond acceptors (Lipinski definition) is 10. The van der Waals surface area contributed by atoms with Crippen molar-refractivity contribution in [2.24, 2.45) is 5.41 Å². The summed E-state index contributed by atoms with van der Waals surface area (Å²) in [7, 11) is 6.61. The van der Waals surface area contributed by atoms with Crippen LogP contribution in [0.3, 0.4) is 0 Å². The van der Waals surface area contributed by atoms with Crippen LogP contribution in [0.25, 0.3) is 11.1 Å². The van der Waals surface area contributed by atoms with Crippen LogP contribution >= 0.6 is 0 Å². The van der Waals surface area contributed by atoms with Gasteiger partial charge in [0.1, 0.15) is 29.8 Å². The van der Waals surface area contributed by atoms with Crippen LogP contribution in [0.1, 0.15) is 83.1 Å². The topological polar surface area (TPSA) is 114 Å². The van der Waals surface area contributed by atoms with Gasteiger partial charge in [0, 0.05) is 63.9 Å². The van der Waals surface area contributed by atoms with Crippen molar-refractivity contribution in [3.8, 4) is 22.6 Å². The summed E-state index contributed by atoms with van der Waals surface area (Å²) in [5.74, 6) is 1.38. The summed E-state index contributed by atoms with van der Waals surface area (Å²) in [5.41, 5.74) is 5.10. The van der Waals surface area contributed by atoms with E-state index in [0.29, 0.717) is 58.4 Å². The predicted molar refractivity (Wildman–Crippen MR) is 188 cm³/mol. The summed E-state index contributed by atoms with van der Waals surface area (Å²) in [6.07, 6.45) is 1.04. The Morgan fingerprint density at radius 1 is 0.562 bits per heavy atom. The zero-order valence-corrected chi connectivity index (χ0v) is 31.1. The van der Waals surface area contributed by atoms with Gasteiger partial charge in [0.2, 0.25) is 0 Å². The third kappa shape index (κ3) is 15.5. The van der Waals surface area contributed by atoms with Gasteiger partial charge in [-0.2, -0.15) is 0 Å². The highest BCUT2D eigenvalue weighted by Crippen LogP contribution is 2.38. The van der Waals surface area contributed by atoms with E-state index in [0.717, 1.165) is 52.0 Å². The van der Waals surface area contributed by atoms with Crippen molar-refractivity contribution < 1.29 is 48.1 Å². The highest BCUT2D eigenvalue weighted by atomic mass is 16.5. The molecular formula is C38H62O10. The molecule has 0 heterocycles. The summed E-state index contributed by atoms with van der Waals surface area (Å²) < 4.78 is 46.1. The van der Waals surface area contributed by atoms with Gasteiger partial charge in [-0.05, 0) is 80.8 Å². The summed E-state index contributed by atoms with van der Waals surface area (Å²) >= 11 is 0. The number of ether oxygens (including phenoxy) is 8. The Bertz CT molecular complexity index is 1150. The van der Waals surface area contributed by atoms with Crippen molar-refractivity contribution in [3.05, 3.63) is 46.5 Å². The van der Waals surface area contributed by atoms with E-state index in [1.807, 2.05) is 32.9 Å². The second-order valence-corrected chi connectivity index (χ2v) is 14.4. The van der Waals surface area contributed by atoms with Crippen LogP contribution in [-0.4, -0.2) is 89.5 Å². The molecule has 274 valence electrons. The van der Waals surface area contributed by atoms with E-state index in [9.17, 15) is 10.2 Å². The van der Waals surface area contributed by atoms with Crippen LogP contribution in [0, 0.1) is 5.41 Å². The summed E-state index contributed by atoms with van der Waals surface area (Å²) in [6, 6.07) is 8.24. The lowest BCUT2D eigenvalue weighted by Gasteiger charge is -2.26. The Labute approximate surface area is 288 Å². The molecule has 2 N–H and O–H groups in total. The first-order chi connectivity index (χ1) is 22.7. The van der Waals surface area contributed by atoms with E-state index < -0.39 is 17.8 Å². The van der Waals surface area contributed by atoms with Crippen LogP contribution in [0.4, 0.5) is 0 Å². The minimum Gasteiger partial charge on any atom is -0.490 e. The molecule has 0 amide bonds. The number of hydrogen-bond donors (Lipinski definition) is 2. The maximum atomic E-state index is 10.6. The molecule has 0 aliphatic carbocycles. The first kappa shape index (κ1) is 41.9. The fraction of sp³-hybridized carbons (Fsp3) is 0.684. The Morgan fingerprint density at radius 2 is 0.958 bits per heavy atom. The lowest BCUT2D eigenvalue weighted by atomic mass is 9.89. The van der Waals surface area contributed by atoms with Crippen molar-refractivity contribution in [1.29, 1.82) is 0 Å². The fourth-order valence-electron chi connectivity index (χ4n) is 5.36. The quantitative estimate of drug-likeness (QED) is 0.127. The van der Waals surface area contributed by atoms with Gasteiger partial charge in [-0.15, -0.1) is 0 Å². The van der Waals surface area contributed by atoms with Gasteiger partial charge in [0.15, 0.2) is 0 Å². The van der Waals surface area contributed by atoms with Crippen LogP contribution in [-0.2, 0) is 54.8 Å². The van der Waals surface area contributed by atoms with E-state index in [2.05, 4.69) is 32.9 Å². The first-order valence-electron chi connectivity index (χ1n) is 16.8. The molecule has 0 aromatic heterocycles. The van der Waals surface area contributed by atoms with Crippen LogP contribution in [0.15, 0.2) is 24.3 Å². The molecule has 0 spiro atoms. The standard InChI is InChI=1S/C38H62O10/c1-37(2,3)19-33(39)24-45-13-11-12-14-46-25-34(40)26-47-35-29(20-41-7)15-27(16-30(35)21-42-8)28-17-31(22-43-9)36(48-38(4,5)6)32(18-28)23-44-10/h15-18,33-34,39-40H,11-14,19-26H2,1-10H3. The van der Waals surface area contributed by atoms with E-state index in [1.54, 1.807) is 28.4 Å². The van der Waals surface area contributed by atoms with Crippen molar-refractivity contribution >= 4 is 0 Å². The Balaban J connectivity index is 2.12. The van der Waals surface area contributed by atoms with Gasteiger partial charge in [0.05, 0.1) is 45.7 Å². The molecule has 10 nitrogen and oxygen atoms in total. The van der Waals surface area contributed by atoms with E-state index >= 15 is 0 Å². The van der Waals surface area contributed by atoms with Gasteiger partial charge in [-0.1, -0.05) is 20.8 Å². The van der Waals surface area contributed by atoms with Gasteiger partial charge in [-0.25, -0.2) is 0 Å². The molecule has 2 atom stereocenters. The monoisotopic (exact) mass is 678 g/mol. The first-order valence-corrected chi connectivity index (χ1v) is 16.8. The van der Waals surface area contributed by atoms with E-state index in [4.69, 9.17) is 37.9 Å². The summed E-state index contributed by atoms with van der Waals surface area (Å²) in [4.78, 5) is 0. The van der Waals surface area contributed by atoms with Gasteiger partial charge < -0.3 is 48.1 Å². The molecular weight excluding hydrogens is 616 g/mol. The molecule has 2 rings (SSSR count). The third-order valence-electron chi connectivity index (χ3n) is 7.14. The highest BCUT2D eigenvalue weighted by Gasteiger charge is 2.22. The molecule has 0 saturated carbocycles. The smallest absolute Gasteiger partial charge is 0.131 e. The molecule has 0 bridgehead atoms. The number of aliphatic hydroxyl groups is 2. The second kappa shape index (κ2) is 21.1. The molecule has 2 unspecified atom stereocenters. The molecule has 0 aliphatic heterocycles. The van der Waals surface area contributed by atoms with Crippen LogP contribution in [0.2, 0.25) is 0 Å². The molecule has 0 radical (unpaired) electrons. The Hall–Kier alpha value is -2.28. The average Bonchev–Trinajstić information content (AvgIpc) is 2.98. The van der Waals surface area contributed by atoms with Crippen molar-refractivity contribution in [3.63, 3.8) is 0 Å². The number of unbranched alkanes of at least 4 members (excludes halogenated alkanes) is 1. The maximum Gasteiger partial charge on any atom is 0.131 e. The van der Waals surface area contributed by atoms with Crippen LogP contribution in [0.5, 0.6) is 11.5 Å². The number of aliphatic hydroxyl groups excluding tert-OH is 2. The molecule has 0 fully saturated rings. The lowest BCUT2D eigenvalue weighted by molar-refractivity contribution is 0.00128. The van der Waals surface area contributed by atoms with Crippen molar-refractivity contribution in [2.75, 3.05) is 61.5 Å². The SMILES string of the molecule is COCc1cc(-c2cc(COC)c(OC(C)(C)C)c(COC)c2)cc(COC)c1OCC(O)COCCCCOCC(O)CC(C)(C)C. The molecule has 0 aliphatic rings. The van der Waals surface area contributed by atoms with Gasteiger partial charge in [0.25, 0.3) is 0 Å². The van der Waals surface area contributed by atoms with Gasteiger partial charge in [-0.3, -0.25) is 0 Å². The van der Waals surface area contributed by atoms with Crippen molar-refractivity contribution in [1.82, 2.24) is 0 Å². The Morgan fingerprint density at radius 3 is 1.33 bits per heavy atom. The zero-order chi connectivity index (χ0) is 35.7. The predicted octanol–water partition coefficient (Wildman–Crippen LogP) is 6.47. The minimum atomic E-state index is -0.817. The number of methoxy groups -OCH3 is 4. The largest absolute Gasteiger partial charge is 0.490 e. The number of rotatable bonds is 23.